The number of imidazole rings is 1. The number of pyridine rings is 1. The van der Waals surface area contributed by atoms with Crippen molar-refractivity contribution in [2.75, 3.05) is 5.32 Å². The number of carbonyl (C=O) groups is 1. The fourth-order valence-electron chi connectivity index (χ4n) is 3.12. The molecule has 0 bridgehead atoms. The molecule has 0 saturated heterocycles. The second kappa shape index (κ2) is 6.36. The van der Waals surface area contributed by atoms with E-state index in [2.05, 4.69) is 15.3 Å². The molecular formula is C20H18N4O. The van der Waals surface area contributed by atoms with Gasteiger partial charge in [-0.1, -0.05) is 25.1 Å². The summed E-state index contributed by atoms with van der Waals surface area (Å²) in [5, 5.41) is 3.95. The summed E-state index contributed by atoms with van der Waals surface area (Å²) in [5.41, 5.74) is 3.54. The molecule has 2 aromatic heterocycles. The highest BCUT2D eigenvalue weighted by Crippen LogP contribution is 2.22. The number of nitrogens with one attached hydrogen (secondary N) is 1. The van der Waals surface area contributed by atoms with Crippen LogP contribution in [-0.2, 0) is 17.8 Å². The van der Waals surface area contributed by atoms with E-state index in [4.69, 9.17) is 0 Å². The number of nitrogens with zero attached hydrogens (tertiary/aromatic N) is 3. The summed E-state index contributed by atoms with van der Waals surface area (Å²) in [7, 11) is 0. The van der Waals surface area contributed by atoms with Crippen molar-refractivity contribution < 1.29 is 4.79 Å². The van der Waals surface area contributed by atoms with Gasteiger partial charge in [0.05, 0.1) is 22.2 Å². The minimum Gasteiger partial charge on any atom is -0.324 e. The Hall–Kier alpha value is -3.21. The third-order valence-electron chi connectivity index (χ3n) is 4.27. The zero-order chi connectivity index (χ0) is 17.2. The van der Waals surface area contributed by atoms with Crippen LogP contribution in [-0.4, -0.2) is 20.4 Å². The van der Waals surface area contributed by atoms with Gasteiger partial charge in [0.15, 0.2) is 0 Å². The van der Waals surface area contributed by atoms with E-state index in [1.165, 1.54) is 0 Å². The highest BCUT2D eigenvalue weighted by molar-refractivity contribution is 6.01. The molecule has 124 valence electrons. The highest BCUT2D eigenvalue weighted by Gasteiger charge is 2.13. The lowest BCUT2D eigenvalue weighted by atomic mass is 10.2. The number of amides is 1. The van der Waals surface area contributed by atoms with Gasteiger partial charge < -0.3 is 9.88 Å². The summed E-state index contributed by atoms with van der Waals surface area (Å²) < 4.78 is 1.98. The van der Waals surface area contributed by atoms with Gasteiger partial charge in [-0.3, -0.25) is 9.78 Å². The Balaban J connectivity index is 1.64. The Kier molecular flexibility index (Phi) is 3.90. The zero-order valence-corrected chi connectivity index (χ0v) is 13.9. The Labute approximate surface area is 145 Å². The van der Waals surface area contributed by atoms with Crippen molar-refractivity contribution >= 4 is 33.5 Å². The first kappa shape index (κ1) is 15.3. The molecule has 1 N–H and O–H groups in total. The van der Waals surface area contributed by atoms with Gasteiger partial charge in [-0.25, -0.2) is 4.98 Å². The quantitative estimate of drug-likeness (QED) is 0.619. The Morgan fingerprint density at radius 2 is 1.88 bits per heavy atom. The van der Waals surface area contributed by atoms with Gasteiger partial charge in [0.2, 0.25) is 5.91 Å². The Morgan fingerprint density at radius 1 is 1.04 bits per heavy atom. The summed E-state index contributed by atoms with van der Waals surface area (Å²) in [4.78, 5) is 21.6. The number of anilines is 1. The topological polar surface area (TPSA) is 59.8 Å². The number of aromatic nitrogens is 3. The molecule has 1 amide bonds. The number of hydrogen-bond acceptors (Lipinski definition) is 3. The Morgan fingerprint density at radius 3 is 2.76 bits per heavy atom. The number of carbonyl (C=O) groups excluding carboxylic acids is 1. The Bertz CT molecular complexity index is 1060. The average molecular weight is 330 g/mol. The standard InChI is InChI=1S/C20H18N4O/c1-2-19-22-17-8-3-4-11-18(17)24(19)13-20(25)23-16-10-5-9-15-14(16)7-6-12-21-15/h3-12H,2,13H2,1H3,(H,23,25). The second-order valence-electron chi connectivity index (χ2n) is 5.88. The van der Waals surface area contributed by atoms with Crippen molar-refractivity contribution in [3.8, 4) is 0 Å². The van der Waals surface area contributed by atoms with Crippen molar-refractivity contribution in [2.24, 2.45) is 0 Å². The number of benzene rings is 2. The zero-order valence-electron chi connectivity index (χ0n) is 13.9. The lowest BCUT2D eigenvalue weighted by Crippen LogP contribution is -2.20. The lowest BCUT2D eigenvalue weighted by Gasteiger charge is -2.11. The molecule has 5 nitrogen and oxygen atoms in total. The van der Waals surface area contributed by atoms with Crippen molar-refractivity contribution in [1.82, 2.24) is 14.5 Å². The third-order valence-corrected chi connectivity index (χ3v) is 4.27. The maximum absolute atomic E-state index is 12.7. The van der Waals surface area contributed by atoms with Crippen LogP contribution in [0, 0.1) is 0 Å². The van der Waals surface area contributed by atoms with E-state index in [0.29, 0.717) is 0 Å². The van der Waals surface area contributed by atoms with Crippen LogP contribution in [0.3, 0.4) is 0 Å². The van der Waals surface area contributed by atoms with E-state index < -0.39 is 0 Å². The molecule has 0 radical (unpaired) electrons. The highest BCUT2D eigenvalue weighted by atomic mass is 16.1. The molecule has 0 aliphatic carbocycles. The SMILES string of the molecule is CCc1nc2ccccc2n1CC(=O)Nc1cccc2ncccc12. The molecule has 0 saturated carbocycles. The minimum atomic E-state index is -0.0748. The van der Waals surface area contributed by atoms with Crippen LogP contribution in [0.1, 0.15) is 12.7 Å². The van der Waals surface area contributed by atoms with Gasteiger partial charge in [0.1, 0.15) is 12.4 Å². The summed E-state index contributed by atoms with van der Waals surface area (Å²) in [6.45, 7) is 2.28. The molecule has 2 aromatic carbocycles. The number of hydrogen-bond donors (Lipinski definition) is 1. The van der Waals surface area contributed by atoms with Gasteiger partial charge >= 0.3 is 0 Å². The summed E-state index contributed by atoms with van der Waals surface area (Å²) in [6.07, 6.45) is 2.53. The van der Waals surface area contributed by atoms with Crippen molar-refractivity contribution in [2.45, 2.75) is 19.9 Å². The molecule has 2 heterocycles. The third kappa shape index (κ3) is 2.85. The number of para-hydroxylation sites is 2. The molecular weight excluding hydrogens is 312 g/mol. The van der Waals surface area contributed by atoms with Crippen LogP contribution in [0.25, 0.3) is 21.9 Å². The maximum atomic E-state index is 12.7. The normalized spacial score (nSPS) is 11.1. The van der Waals surface area contributed by atoms with E-state index in [9.17, 15) is 4.79 Å². The number of aryl methyl sites for hydroxylation is 1. The van der Waals surface area contributed by atoms with Gasteiger partial charge in [0.25, 0.3) is 0 Å². The van der Waals surface area contributed by atoms with E-state index in [1.54, 1.807) is 6.20 Å². The van der Waals surface area contributed by atoms with Crippen LogP contribution in [0.2, 0.25) is 0 Å². The molecule has 4 rings (SSSR count). The van der Waals surface area contributed by atoms with Crippen LogP contribution in [0.4, 0.5) is 5.69 Å². The van der Waals surface area contributed by atoms with E-state index in [1.807, 2.05) is 66.1 Å². The van der Waals surface area contributed by atoms with Crippen molar-refractivity contribution in [3.63, 3.8) is 0 Å². The molecule has 25 heavy (non-hydrogen) atoms. The van der Waals surface area contributed by atoms with Crippen LogP contribution < -0.4 is 5.32 Å². The first-order chi connectivity index (χ1) is 12.3. The van der Waals surface area contributed by atoms with Crippen molar-refractivity contribution in [3.05, 3.63) is 66.6 Å². The summed E-state index contributed by atoms with van der Waals surface area (Å²) in [6, 6.07) is 17.5. The van der Waals surface area contributed by atoms with Crippen LogP contribution >= 0.6 is 0 Å². The smallest absolute Gasteiger partial charge is 0.244 e. The monoisotopic (exact) mass is 330 g/mol. The summed E-state index contributed by atoms with van der Waals surface area (Å²) >= 11 is 0. The average Bonchev–Trinajstić information content (AvgIpc) is 3.00. The first-order valence-electron chi connectivity index (χ1n) is 8.34. The molecule has 5 heteroatoms. The van der Waals surface area contributed by atoms with E-state index in [-0.39, 0.29) is 12.5 Å². The van der Waals surface area contributed by atoms with Gasteiger partial charge in [0, 0.05) is 18.0 Å². The van der Waals surface area contributed by atoms with Crippen LogP contribution in [0.5, 0.6) is 0 Å². The van der Waals surface area contributed by atoms with E-state index in [0.717, 1.165) is 39.9 Å². The summed E-state index contributed by atoms with van der Waals surface area (Å²) in [5.74, 6) is 0.838. The molecule has 0 fully saturated rings. The van der Waals surface area contributed by atoms with Gasteiger partial charge in [-0.2, -0.15) is 0 Å². The predicted octanol–water partition coefficient (Wildman–Crippen LogP) is 3.79. The maximum Gasteiger partial charge on any atom is 0.244 e. The van der Waals surface area contributed by atoms with E-state index >= 15 is 0 Å². The molecule has 0 aliphatic heterocycles. The fourth-order valence-corrected chi connectivity index (χ4v) is 3.12. The molecule has 4 aromatic rings. The van der Waals surface area contributed by atoms with Crippen molar-refractivity contribution in [1.29, 1.82) is 0 Å². The molecule has 0 unspecified atom stereocenters. The lowest BCUT2D eigenvalue weighted by molar-refractivity contribution is -0.116. The largest absolute Gasteiger partial charge is 0.324 e. The first-order valence-corrected chi connectivity index (χ1v) is 8.34. The number of fused-ring (bicyclic) bond motifs is 2. The predicted molar refractivity (Wildman–Crippen MR) is 99.5 cm³/mol. The number of rotatable bonds is 4. The minimum absolute atomic E-state index is 0.0748. The fraction of sp³-hybridized carbons (Fsp3) is 0.150. The van der Waals surface area contributed by atoms with Gasteiger partial charge in [-0.15, -0.1) is 0 Å². The molecule has 0 spiro atoms. The second-order valence-corrected chi connectivity index (χ2v) is 5.88. The molecule has 0 atom stereocenters. The van der Waals surface area contributed by atoms with Crippen LogP contribution in [0.15, 0.2) is 60.8 Å². The molecule has 0 aliphatic rings. The van der Waals surface area contributed by atoms with Gasteiger partial charge in [-0.05, 0) is 36.4 Å².